The summed E-state index contributed by atoms with van der Waals surface area (Å²) in [6, 6.07) is -0.0597. The number of hydrogen-bond acceptors (Lipinski definition) is 8. The Labute approximate surface area is 209 Å². The average molecular weight is 543 g/mol. The molecule has 4 unspecified atom stereocenters. The number of fused-ring (bicyclic) bond motifs is 6. The van der Waals surface area contributed by atoms with Crippen molar-refractivity contribution in [2.75, 3.05) is 18.1 Å². The number of nitrogens with zero attached hydrogens (tertiary/aromatic N) is 2. The Morgan fingerprint density at radius 1 is 1.31 bits per heavy atom. The summed E-state index contributed by atoms with van der Waals surface area (Å²) in [5.74, 6) is 0.178. The van der Waals surface area contributed by atoms with Gasteiger partial charge in [0.05, 0.1) is 6.26 Å². The first-order valence-electron chi connectivity index (χ1n) is 11.8. The largest absolute Gasteiger partial charge is 0.511 e. The van der Waals surface area contributed by atoms with E-state index in [1.54, 1.807) is 5.38 Å². The second kappa shape index (κ2) is 8.56. The number of amidine groups is 1. The number of aliphatic hydroxyl groups excluding tert-OH is 1. The second-order valence-electron chi connectivity index (χ2n) is 10.3. The minimum atomic E-state index is -4.23. The molecule has 1 amide bonds. The molecule has 2 bridgehead atoms. The topological polar surface area (TPSA) is 145 Å². The van der Waals surface area contributed by atoms with Crippen LogP contribution in [0.2, 0.25) is 0 Å². The third kappa shape index (κ3) is 4.30. The molecule has 13 heteroatoms. The molecule has 2 aliphatic heterocycles. The maximum Gasteiger partial charge on any atom is 0.287 e. The highest BCUT2D eigenvalue weighted by Crippen LogP contribution is 2.55. The van der Waals surface area contributed by atoms with Gasteiger partial charge in [0.1, 0.15) is 21.2 Å². The molecule has 2 aliphatic carbocycles. The van der Waals surface area contributed by atoms with Gasteiger partial charge in [-0.3, -0.25) is 4.79 Å². The Morgan fingerprint density at radius 2 is 2.03 bits per heavy atom. The summed E-state index contributed by atoms with van der Waals surface area (Å²) in [5.41, 5.74) is 0.201. The van der Waals surface area contributed by atoms with Gasteiger partial charge in [-0.2, -0.15) is 8.42 Å². The van der Waals surface area contributed by atoms with E-state index in [2.05, 4.69) is 28.3 Å². The van der Waals surface area contributed by atoms with Crippen LogP contribution in [0, 0.1) is 23.7 Å². The fourth-order valence-electron chi connectivity index (χ4n) is 6.01. The fraction of sp³-hybridized carbons (Fsp3) is 0.636. The van der Waals surface area contributed by atoms with E-state index in [9.17, 15) is 26.7 Å². The van der Waals surface area contributed by atoms with E-state index in [-0.39, 0.29) is 57.1 Å². The van der Waals surface area contributed by atoms with Crippen LogP contribution in [-0.4, -0.2) is 57.4 Å². The zero-order valence-corrected chi connectivity index (χ0v) is 22.3. The predicted molar refractivity (Wildman–Crippen MR) is 133 cm³/mol. The molecule has 5 rings (SSSR count). The smallest absolute Gasteiger partial charge is 0.287 e. The van der Waals surface area contributed by atoms with Crippen LogP contribution in [0.3, 0.4) is 0 Å². The SMILES string of the molecule is CC(C)CCN1C(=O)C(C2=NS(=O)(=O)c3c(CNS(C)(=O)=O)csc3N2)=C(O)C2C3CCC(C3)C21. The molecule has 1 aromatic rings. The summed E-state index contributed by atoms with van der Waals surface area (Å²) >= 11 is 1.09. The van der Waals surface area contributed by atoms with E-state index in [4.69, 9.17) is 0 Å². The maximum absolute atomic E-state index is 13.7. The lowest BCUT2D eigenvalue weighted by molar-refractivity contribution is -0.133. The van der Waals surface area contributed by atoms with E-state index in [1.807, 2.05) is 4.90 Å². The highest BCUT2D eigenvalue weighted by atomic mass is 32.2. The number of thiophene rings is 1. The van der Waals surface area contributed by atoms with Crippen molar-refractivity contribution in [2.45, 2.75) is 57.0 Å². The molecule has 4 atom stereocenters. The third-order valence-electron chi connectivity index (χ3n) is 7.51. The zero-order valence-electron chi connectivity index (χ0n) is 19.8. The van der Waals surface area contributed by atoms with Crippen molar-refractivity contribution < 1.29 is 26.7 Å². The molecule has 0 spiro atoms. The number of hydrogen-bond donors (Lipinski definition) is 3. The molecule has 2 fully saturated rings. The molecule has 0 radical (unpaired) electrons. The van der Waals surface area contributed by atoms with Crippen LogP contribution in [-0.2, 0) is 31.4 Å². The van der Waals surface area contributed by atoms with E-state index in [0.717, 1.165) is 43.3 Å². The molecule has 192 valence electrons. The summed E-state index contributed by atoms with van der Waals surface area (Å²) in [4.78, 5) is 15.5. The van der Waals surface area contributed by atoms with Crippen molar-refractivity contribution in [1.29, 1.82) is 0 Å². The molecule has 3 N–H and O–H groups in total. The molecule has 2 saturated carbocycles. The Balaban J connectivity index is 1.53. The predicted octanol–water partition coefficient (Wildman–Crippen LogP) is 2.43. The lowest BCUT2D eigenvalue weighted by atomic mass is 9.77. The maximum atomic E-state index is 13.7. The number of sulfonamides is 2. The molecular formula is C22H30N4O6S3. The highest BCUT2D eigenvalue weighted by molar-refractivity contribution is 7.91. The molecular weight excluding hydrogens is 512 g/mol. The Hall–Kier alpha value is -1.96. The van der Waals surface area contributed by atoms with Crippen LogP contribution in [0.4, 0.5) is 5.00 Å². The quantitative estimate of drug-likeness (QED) is 0.480. The first-order chi connectivity index (χ1) is 16.4. The van der Waals surface area contributed by atoms with Gasteiger partial charge in [0.25, 0.3) is 15.9 Å². The van der Waals surface area contributed by atoms with Gasteiger partial charge in [0.15, 0.2) is 5.84 Å². The zero-order chi connectivity index (χ0) is 25.3. The highest BCUT2D eigenvalue weighted by Gasteiger charge is 2.57. The second-order valence-corrected chi connectivity index (χ2v) is 14.6. The Kier molecular flexibility index (Phi) is 6.05. The lowest BCUT2D eigenvalue weighted by Crippen LogP contribution is -2.54. The van der Waals surface area contributed by atoms with Crippen molar-refractivity contribution in [3.05, 3.63) is 22.3 Å². The van der Waals surface area contributed by atoms with Crippen molar-refractivity contribution in [2.24, 2.45) is 28.1 Å². The van der Waals surface area contributed by atoms with Gasteiger partial charge < -0.3 is 15.3 Å². The van der Waals surface area contributed by atoms with Crippen molar-refractivity contribution in [1.82, 2.24) is 9.62 Å². The summed E-state index contributed by atoms with van der Waals surface area (Å²) in [6.07, 6.45) is 4.79. The molecule has 35 heavy (non-hydrogen) atoms. The Morgan fingerprint density at radius 3 is 2.71 bits per heavy atom. The average Bonchev–Trinajstić information content (AvgIpc) is 3.46. The van der Waals surface area contributed by atoms with Gasteiger partial charge in [0, 0.05) is 30.6 Å². The van der Waals surface area contributed by atoms with Gasteiger partial charge in [-0.05, 0) is 48.8 Å². The molecule has 4 aliphatic rings. The van der Waals surface area contributed by atoms with Gasteiger partial charge in [-0.15, -0.1) is 15.7 Å². The van der Waals surface area contributed by atoms with E-state index in [1.165, 1.54) is 0 Å². The van der Waals surface area contributed by atoms with Crippen LogP contribution in [0.5, 0.6) is 0 Å². The number of nitrogens with one attached hydrogen (secondary N) is 2. The lowest BCUT2D eigenvalue weighted by Gasteiger charge is -2.44. The van der Waals surface area contributed by atoms with Gasteiger partial charge in [-0.25, -0.2) is 13.1 Å². The van der Waals surface area contributed by atoms with Crippen LogP contribution < -0.4 is 10.0 Å². The minimum absolute atomic E-state index is 0.0597. The van der Waals surface area contributed by atoms with Gasteiger partial charge in [0.2, 0.25) is 10.0 Å². The molecule has 1 aromatic heterocycles. The monoisotopic (exact) mass is 542 g/mol. The fourth-order valence-corrected chi connectivity index (χ4v) is 9.03. The number of aliphatic hydroxyl groups is 1. The third-order valence-corrected chi connectivity index (χ3v) is 10.7. The summed E-state index contributed by atoms with van der Waals surface area (Å²) in [5, 5.41) is 16.1. The van der Waals surface area contributed by atoms with E-state index < -0.39 is 26.0 Å². The first-order valence-corrected chi connectivity index (χ1v) is 16.0. The number of amides is 1. The van der Waals surface area contributed by atoms with Crippen LogP contribution in [0.15, 0.2) is 26.0 Å². The van der Waals surface area contributed by atoms with E-state index >= 15 is 0 Å². The van der Waals surface area contributed by atoms with E-state index in [0.29, 0.717) is 18.4 Å². The van der Waals surface area contributed by atoms with Gasteiger partial charge in [-0.1, -0.05) is 13.8 Å². The summed E-state index contributed by atoms with van der Waals surface area (Å²) < 4.78 is 55.5. The summed E-state index contributed by atoms with van der Waals surface area (Å²) in [7, 11) is -7.76. The molecule has 0 saturated heterocycles. The molecule has 10 nitrogen and oxygen atoms in total. The minimum Gasteiger partial charge on any atom is -0.511 e. The number of anilines is 1. The standard InChI is InChI=1S/C22H30N4O6S3/c1-11(2)6-7-26-17-13-5-4-12(8-13)15(17)18(27)16(22(26)28)20-24-21-19(35(31,32)25-20)14(10-33-21)9-23-34(3,29)30/h10-13,15,17,23,27H,4-9H2,1-3H3,(H,24,25). The first kappa shape index (κ1) is 24.7. The van der Waals surface area contributed by atoms with Crippen molar-refractivity contribution in [3.8, 4) is 0 Å². The molecule has 3 heterocycles. The van der Waals surface area contributed by atoms with Crippen LogP contribution in [0.25, 0.3) is 0 Å². The normalized spacial score (nSPS) is 29.3. The number of carbonyl (C=O) groups excluding carboxylic acids is 1. The van der Waals surface area contributed by atoms with Crippen LogP contribution in [0.1, 0.15) is 45.1 Å². The Bertz CT molecular complexity index is 1340. The molecule has 0 aromatic carbocycles. The van der Waals surface area contributed by atoms with Crippen molar-refractivity contribution >= 4 is 48.1 Å². The van der Waals surface area contributed by atoms with Crippen molar-refractivity contribution in [3.63, 3.8) is 0 Å². The van der Waals surface area contributed by atoms with Crippen LogP contribution >= 0.6 is 11.3 Å². The number of rotatable bonds is 7. The summed E-state index contributed by atoms with van der Waals surface area (Å²) in [6.45, 7) is 4.53. The number of carbonyl (C=O) groups is 1. The van der Waals surface area contributed by atoms with Gasteiger partial charge >= 0.3 is 0 Å².